The van der Waals surface area contributed by atoms with Crippen molar-refractivity contribution < 1.29 is 19.1 Å². The Kier molecular flexibility index (Phi) is 5.53. The third kappa shape index (κ3) is 3.99. The highest BCUT2D eigenvalue weighted by molar-refractivity contribution is 5.94. The van der Waals surface area contributed by atoms with Crippen LogP contribution in [0.15, 0.2) is 30.3 Å². The van der Waals surface area contributed by atoms with Gasteiger partial charge in [-0.3, -0.25) is 9.59 Å². The summed E-state index contributed by atoms with van der Waals surface area (Å²) in [5.74, 6) is -0.684. The van der Waals surface area contributed by atoms with Crippen LogP contribution in [0.2, 0.25) is 0 Å². The molecule has 0 heterocycles. The Balaban J connectivity index is 2.56. The maximum atomic E-state index is 11.6. The Bertz CT molecular complexity index is 419. The molecule has 0 saturated carbocycles. The van der Waals surface area contributed by atoms with Gasteiger partial charge in [-0.2, -0.15) is 0 Å². The molecule has 0 aliphatic heterocycles. The van der Waals surface area contributed by atoms with Crippen LogP contribution in [0.1, 0.15) is 5.56 Å². The van der Waals surface area contributed by atoms with Crippen molar-refractivity contribution in [3.8, 4) is 0 Å². The Labute approximate surface area is 104 Å². The topological polar surface area (TPSA) is 89.7 Å². The van der Waals surface area contributed by atoms with Gasteiger partial charge in [0.05, 0.1) is 13.1 Å². The van der Waals surface area contributed by atoms with Gasteiger partial charge in [0, 0.05) is 0 Å². The van der Waals surface area contributed by atoms with E-state index in [2.05, 4.69) is 0 Å². The van der Waals surface area contributed by atoms with Gasteiger partial charge >= 0.3 is 6.09 Å². The average Bonchev–Trinajstić information content (AvgIpc) is 2.42. The summed E-state index contributed by atoms with van der Waals surface area (Å²) in [6.45, 7) is -0.835. The molecule has 2 amide bonds. The van der Waals surface area contributed by atoms with Gasteiger partial charge in [0.1, 0.15) is 6.61 Å². The first-order valence-corrected chi connectivity index (χ1v) is 5.25. The normalized spacial score (nSPS) is 9.61. The van der Waals surface area contributed by atoms with Crippen LogP contribution < -0.4 is 5.73 Å². The monoisotopic (exact) mass is 249 g/mol. The molecule has 1 rings (SSSR count). The fourth-order valence-corrected chi connectivity index (χ4v) is 1.23. The minimum Gasteiger partial charge on any atom is -0.444 e. The lowest BCUT2D eigenvalue weighted by Gasteiger charge is -2.16. The van der Waals surface area contributed by atoms with E-state index >= 15 is 0 Å². The van der Waals surface area contributed by atoms with Crippen molar-refractivity contribution in [3.63, 3.8) is 0 Å². The SMILES string of the molecule is NCC(=O)N(C[C]=O)C(=O)OCc1ccccc1. The molecule has 0 spiro atoms. The molecule has 0 unspecified atom stereocenters. The summed E-state index contributed by atoms with van der Waals surface area (Å²) in [6.07, 6.45) is 0.556. The number of nitrogens with zero attached hydrogens (tertiary/aromatic N) is 1. The quantitative estimate of drug-likeness (QED) is 0.806. The molecule has 6 heteroatoms. The van der Waals surface area contributed by atoms with Gasteiger partial charge in [0.25, 0.3) is 0 Å². The second-order valence-corrected chi connectivity index (χ2v) is 3.37. The lowest BCUT2D eigenvalue weighted by molar-refractivity contribution is -0.127. The Hall–Kier alpha value is -2.21. The van der Waals surface area contributed by atoms with Crippen molar-refractivity contribution in [2.75, 3.05) is 13.1 Å². The van der Waals surface area contributed by atoms with Crippen LogP contribution in [0.4, 0.5) is 4.79 Å². The van der Waals surface area contributed by atoms with Crippen LogP contribution in [-0.4, -0.2) is 36.3 Å². The van der Waals surface area contributed by atoms with Crippen molar-refractivity contribution >= 4 is 18.3 Å². The van der Waals surface area contributed by atoms with Crippen molar-refractivity contribution in [1.29, 1.82) is 0 Å². The van der Waals surface area contributed by atoms with Crippen LogP contribution in [0, 0.1) is 0 Å². The molecule has 1 aromatic rings. The number of hydrogen-bond donors (Lipinski definition) is 1. The third-order valence-electron chi connectivity index (χ3n) is 2.12. The molecule has 6 nitrogen and oxygen atoms in total. The zero-order valence-electron chi connectivity index (χ0n) is 9.67. The summed E-state index contributed by atoms with van der Waals surface area (Å²) in [4.78, 5) is 33.7. The lowest BCUT2D eigenvalue weighted by atomic mass is 10.2. The fraction of sp³-hybridized carbons (Fsp3) is 0.250. The van der Waals surface area contributed by atoms with E-state index in [4.69, 9.17) is 10.5 Å². The van der Waals surface area contributed by atoms with Crippen molar-refractivity contribution in [1.82, 2.24) is 4.90 Å². The van der Waals surface area contributed by atoms with Crippen molar-refractivity contribution in [3.05, 3.63) is 35.9 Å². The molecule has 1 aromatic carbocycles. The summed E-state index contributed by atoms with van der Waals surface area (Å²) < 4.78 is 4.90. The van der Waals surface area contributed by atoms with E-state index in [1.54, 1.807) is 24.3 Å². The number of imide groups is 1. The van der Waals surface area contributed by atoms with Crippen molar-refractivity contribution in [2.45, 2.75) is 6.61 Å². The van der Waals surface area contributed by atoms with Gasteiger partial charge < -0.3 is 10.5 Å². The minimum atomic E-state index is -0.905. The summed E-state index contributed by atoms with van der Waals surface area (Å²) in [5, 5.41) is 0. The van der Waals surface area contributed by atoms with Gasteiger partial charge in [-0.05, 0) is 5.56 Å². The highest BCUT2D eigenvalue weighted by Gasteiger charge is 2.21. The van der Waals surface area contributed by atoms with E-state index in [0.29, 0.717) is 4.90 Å². The van der Waals surface area contributed by atoms with Crippen LogP contribution >= 0.6 is 0 Å². The molecule has 0 saturated heterocycles. The largest absolute Gasteiger partial charge is 0.444 e. The number of rotatable bonds is 5. The van der Waals surface area contributed by atoms with Gasteiger partial charge in [-0.15, -0.1) is 0 Å². The van der Waals surface area contributed by atoms with E-state index in [1.807, 2.05) is 6.07 Å². The number of hydrogen-bond acceptors (Lipinski definition) is 5. The summed E-state index contributed by atoms with van der Waals surface area (Å²) in [6, 6.07) is 8.97. The number of carbonyl (C=O) groups is 2. The molecular weight excluding hydrogens is 236 g/mol. The summed E-state index contributed by atoms with van der Waals surface area (Å²) >= 11 is 0. The molecule has 18 heavy (non-hydrogen) atoms. The number of benzene rings is 1. The summed E-state index contributed by atoms with van der Waals surface area (Å²) in [5.41, 5.74) is 5.90. The van der Waals surface area contributed by atoms with Crippen LogP contribution in [0.25, 0.3) is 0 Å². The lowest BCUT2D eigenvalue weighted by Crippen LogP contribution is -2.42. The van der Waals surface area contributed by atoms with E-state index in [9.17, 15) is 14.4 Å². The minimum absolute atomic E-state index is 0.0207. The number of nitrogens with two attached hydrogens (primary N) is 1. The Morgan fingerprint density at radius 2 is 1.94 bits per heavy atom. The van der Waals surface area contributed by atoms with E-state index < -0.39 is 18.5 Å². The van der Waals surface area contributed by atoms with Gasteiger partial charge in [-0.1, -0.05) is 30.3 Å². The predicted molar refractivity (Wildman–Crippen MR) is 63.1 cm³/mol. The number of amides is 2. The number of carbonyl (C=O) groups excluding carboxylic acids is 3. The standard InChI is InChI=1S/C12H13N2O4/c13-8-11(16)14(6-7-15)12(17)18-9-10-4-2-1-3-5-10/h1-5H,6,8-9,13H2. The van der Waals surface area contributed by atoms with E-state index in [0.717, 1.165) is 5.56 Å². The Morgan fingerprint density at radius 1 is 1.28 bits per heavy atom. The second-order valence-electron chi connectivity index (χ2n) is 3.37. The van der Waals surface area contributed by atoms with Crippen LogP contribution in [0.5, 0.6) is 0 Å². The predicted octanol–water partition coefficient (Wildman–Crippen LogP) is 0.220. The first-order chi connectivity index (χ1) is 8.69. The molecular formula is C12H13N2O4. The highest BCUT2D eigenvalue weighted by atomic mass is 16.6. The molecule has 95 valence electrons. The maximum Gasteiger partial charge on any atom is 0.417 e. The van der Waals surface area contributed by atoms with Gasteiger partial charge in [0.15, 0.2) is 0 Å². The smallest absolute Gasteiger partial charge is 0.417 e. The second kappa shape index (κ2) is 7.18. The Morgan fingerprint density at radius 3 is 2.50 bits per heavy atom. The number of ether oxygens (including phenoxy) is 1. The first-order valence-electron chi connectivity index (χ1n) is 5.25. The molecule has 0 aromatic heterocycles. The zero-order valence-corrected chi connectivity index (χ0v) is 9.67. The zero-order chi connectivity index (χ0) is 13.4. The van der Waals surface area contributed by atoms with E-state index in [-0.39, 0.29) is 13.2 Å². The molecule has 2 N–H and O–H groups in total. The highest BCUT2D eigenvalue weighted by Crippen LogP contribution is 2.03. The molecule has 0 bridgehead atoms. The van der Waals surface area contributed by atoms with Crippen LogP contribution in [-0.2, 0) is 20.9 Å². The third-order valence-corrected chi connectivity index (χ3v) is 2.12. The van der Waals surface area contributed by atoms with Gasteiger partial charge in [-0.25, -0.2) is 9.69 Å². The van der Waals surface area contributed by atoms with Crippen molar-refractivity contribution in [2.24, 2.45) is 5.73 Å². The summed E-state index contributed by atoms with van der Waals surface area (Å²) in [7, 11) is 0. The van der Waals surface area contributed by atoms with E-state index in [1.165, 1.54) is 6.29 Å². The van der Waals surface area contributed by atoms with Crippen LogP contribution in [0.3, 0.4) is 0 Å². The molecule has 1 radical (unpaired) electrons. The first kappa shape index (κ1) is 13.9. The average molecular weight is 249 g/mol. The molecule has 0 aliphatic carbocycles. The molecule has 0 aliphatic rings. The molecule has 0 atom stereocenters. The molecule has 0 fully saturated rings. The van der Waals surface area contributed by atoms with Gasteiger partial charge in [0.2, 0.25) is 12.2 Å². The maximum absolute atomic E-state index is 11.6. The fourth-order valence-electron chi connectivity index (χ4n) is 1.23.